The maximum absolute atomic E-state index is 13.4. The fraction of sp³-hybridized carbons (Fsp3) is 0.133. The molecule has 0 radical (unpaired) electrons. The highest BCUT2D eigenvalue weighted by Gasteiger charge is 2.08. The van der Waals surface area contributed by atoms with E-state index >= 15 is 0 Å². The van der Waals surface area contributed by atoms with E-state index in [2.05, 4.69) is 10.6 Å². The number of hydrogen-bond donors (Lipinski definition) is 2. The summed E-state index contributed by atoms with van der Waals surface area (Å²) in [6, 6.07) is 8.26. The van der Waals surface area contributed by atoms with Gasteiger partial charge in [-0.3, -0.25) is 4.79 Å². The molecule has 3 nitrogen and oxygen atoms in total. The van der Waals surface area contributed by atoms with Crippen LogP contribution in [0.5, 0.6) is 0 Å². The van der Waals surface area contributed by atoms with Crippen molar-refractivity contribution in [2.75, 3.05) is 17.2 Å². The normalized spacial score (nSPS) is 10.3. The number of nitrogens with one attached hydrogen (secondary N) is 2. The molecule has 110 valence electrons. The number of aryl methyl sites for hydroxylation is 1. The molecule has 1 amide bonds. The van der Waals surface area contributed by atoms with Crippen LogP contribution in [-0.2, 0) is 4.79 Å². The molecule has 0 aliphatic rings. The molecule has 0 unspecified atom stereocenters. The molecule has 0 aliphatic heterocycles. The van der Waals surface area contributed by atoms with Gasteiger partial charge >= 0.3 is 0 Å². The van der Waals surface area contributed by atoms with Crippen LogP contribution in [0, 0.1) is 18.6 Å². The average Bonchev–Trinajstić information content (AvgIpc) is 2.43. The molecule has 0 saturated heterocycles. The number of halogens is 3. The van der Waals surface area contributed by atoms with Gasteiger partial charge in [-0.1, -0.05) is 17.7 Å². The Morgan fingerprint density at radius 3 is 2.62 bits per heavy atom. The second-order valence-electron chi connectivity index (χ2n) is 4.49. The lowest BCUT2D eigenvalue weighted by Crippen LogP contribution is -2.22. The monoisotopic (exact) mass is 310 g/mol. The topological polar surface area (TPSA) is 41.1 Å². The van der Waals surface area contributed by atoms with Crippen molar-refractivity contribution in [2.24, 2.45) is 0 Å². The van der Waals surface area contributed by atoms with Gasteiger partial charge in [-0.15, -0.1) is 0 Å². The minimum absolute atomic E-state index is 0.0593. The first-order chi connectivity index (χ1) is 9.95. The van der Waals surface area contributed by atoms with Gasteiger partial charge < -0.3 is 10.6 Å². The quantitative estimate of drug-likeness (QED) is 0.897. The highest BCUT2D eigenvalue weighted by atomic mass is 35.5. The Bertz CT molecular complexity index is 677. The highest BCUT2D eigenvalue weighted by Crippen LogP contribution is 2.20. The number of benzene rings is 2. The molecule has 2 N–H and O–H groups in total. The Labute approximate surface area is 125 Å². The molecule has 2 aromatic rings. The van der Waals surface area contributed by atoms with Gasteiger partial charge in [-0.2, -0.15) is 0 Å². The number of rotatable bonds is 4. The van der Waals surface area contributed by atoms with E-state index in [0.29, 0.717) is 16.8 Å². The second-order valence-corrected chi connectivity index (χ2v) is 4.90. The van der Waals surface area contributed by atoms with Crippen LogP contribution >= 0.6 is 11.6 Å². The predicted octanol–water partition coefficient (Wildman–Crippen LogP) is 3.98. The molecule has 0 spiro atoms. The van der Waals surface area contributed by atoms with Gasteiger partial charge in [-0.25, -0.2) is 8.78 Å². The lowest BCUT2D eigenvalue weighted by atomic mass is 10.2. The van der Waals surface area contributed by atoms with Gasteiger partial charge in [0, 0.05) is 16.8 Å². The van der Waals surface area contributed by atoms with Crippen molar-refractivity contribution in [3.63, 3.8) is 0 Å². The molecule has 21 heavy (non-hydrogen) atoms. The summed E-state index contributed by atoms with van der Waals surface area (Å²) in [6.45, 7) is 1.81. The Morgan fingerprint density at radius 1 is 1.19 bits per heavy atom. The standard InChI is InChI=1S/C15H13ClF2N2O/c1-9-2-4-11(7-12(9)16)19-8-15(21)20-14-5-3-10(17)6-13(14)18/h2-7,19H,8H2,1H3,(H,20,21). The van der Waals surface area contributed by atoms with E-state index in [1.807, 2.05) is 13.0 Å². The summed E-state index contributed by atoms with van der Waals surface area (Å²) in [5.74, 6) is -1.96. The maximum Gasteiger partial charge on any atom is 0.243 e. The smallest absolute Gasteiger partial charge is 0.243 e. The van der Waals surface area contributed by atoms with Crippen molar-refractivity contribution in [3.05, 3.63) is 58.6 Å². The molecule has 2 aromatic carbocycles. The third-order valence-electron chi connectivity index (χ3n) is 2.83. The van der Waals surface area contributed by atoms with E-state index < -0.39 is 17.5 Å². The molecule has 0 bridgehead atoms. The Morgan fingerprint density at radius 2 is 1.95 bits per heavy atom. The molecule has 0 fully saturated rings. The van der Waals surface area contributed by atoms with Crippen molar-refractivity contribution < 1.29 is 13.6 Å². The zero-order valence-corrected chi connectivity index (χ0v) is 12.0. The minimum atomic E-state index is -0.818. The third-order valence-corrected chi connectivity index (χ3v) is 3.24. The number of hydrogen-bond acceptors (Lipinski definition) is 2. The summed E-state index contributed by atoms with van der Waals surface area (Å²) in [7, 11) is 0. The van der Waals surface area contributed by atoms with Crippen molar-refractivity contribution in [1.82, 2.24) is 0 Å². The fourth-order valence-corrected chi connectivity index (χ4v) is 1.85. The number of carbonyl (C=O) groups excluding carboxylic acids is 1. The molecule has 2 rings (SSSR count). The van der Waals surface area contributed by atoms with Gasteiger partial charge in [0.1, 0.15) is 11.6 Å². The molecule has 0 heterocycles. The van der Waals surface area contributed by atoms with Crippen LogP contribution < -0.4 is 10.6 Å². The summed E-state index contributed by atoms with van der Waals surface area (Å²) in [6.07, 6.45) is 0. The minimum Gasteiger partial charge on any atom is -0.376 e. The summed E-state index contributed by atoms with van der Waals surface area (Å²) in [5.41, 5.74) is 1.55. The molecular formula is C15H13ClF2N2O. The van der Waals surface area contributed by atoms with Crippen LogP contribution in [-0.4, -0.2) is 12.5 Å². The lowest BCUT2D eigenvalue weighted by Gasteiger charge is -2.09. The lowest BCUT2D eigenvalue weighted by molar-refractivity contribution is -0.114. The predicted molar refractivity (Wildman–Crippen MR) is 79.7 cm³/mol. The van der Waals surface area contributed by atoms with Gasteiger partial charge in [0.05, 0.1) is 12.2 Å². The van der Waals surface area contributed by atoms with Crippen molar-refractivity contribution in [2.45, 2.75) is 6.92 Å². The van der Waals surface area contributed by atoms with Crippen molar-refractivity contribution in [3.8, 4) is 0 Å². The summed E-state index contributed by atoms with van der Waals surface area (Å²) in [4.78, 5) is 11.7. The first-order valence-corrected chi connectivity index (χ1v) is 6.58. The maximum atomic E-state index is 13.4. The van der Waals surface area contributed by atoms with Crippen LogP contribution in [0.2, 0.25) is 5.02 Å². The summed E-state index contributed by atoms with van der Waals surface area (Å²) >= 11 is 5.97. The summed E-state index contributed by atoms with van der Waals surface area (Å²) < 4.78 is 26.1. The van der Waals surface area contributed by atoms with Gasteiger partial charge in [0.2, 0.25) is 5.91 Å². The van der Waals surface area contributed by atoms with Crippen LogP contribution in [0.3, 0.4) is 0 Å². The molecular weight excluding hydrogens is 298 g/mol. The summed E-state index contributed by atoms with van der Waals surface area (Å²) in [5, 5.41) is 5.82. The van der Waals surface area contributed by atoms with Gasteiger partial charge in [-0.05, 0) is 36.8 Å². The van der Waals surface area contributed by atoms with E-state index in [1.54, 1.807) is 12.1 Å². The first-order valence-electron chi connectivity index (χ1n) is 6.20. The Hall–Kier alpha value is -2.14. The van der Waals surface area contributed by atoms with Crippen LogP contribution in [0.15, 0.2) is 36.4 Å². The molecule has 0 aromatic heterocycles. The largest absolute Gasteiger partial charge is 0.376 e. The zero-order valence-electron chi connectivity index (χ0n) is 11.2. The average molecular weight is 311 g/mol. The van der Waals surface area contributed by atoms with Crippen LogP contribution in [0.4, 0.5) is 20.2 Å². The van der Waals surface area contributed by atoms with E-state index in [1.165, 1.54) is 6.07 Å². The van der Waals surface area contributed by atoms with Crippen LogP contribution in [0.1, 0.15) is 5.56 Å². The van der Waals surface area contributed by atoms with Crippen molar-refractivity contribution >= 4 is 28.9 Å². The van der Waals surface area contributed by atoms with E-state index in [4.69, 9.17) is 11.6 Å². The third kappa shape index (κ3) is 4.16. The van der Waals surface area contributed by atoms with Gasteiger partial charge in [0.25, 0.3) is 0 Å². The van der Waals surface area contributed by atoms with Gasteiger partial charge in [0.15, 0.2) is 0 Å². The first kappa shape index (κ1) is 15.3. The number of carbonyl (C=O) groups is 1. The SMILES string of the molecule is Cc1ccc(NCC(=O)Nc2ccc(F)cc2F)cc1Cl. The van der Waals surface area contributed by atoms with Crippen LogP contribution in [0.25, 0.3) is 0 Å². The van der Waals surface area contributed by atoms with E-state index in [-0.39, 0.29) is 12.2 Å². The molecule has 0 atom stereocenters. The Balaban J connectivity index is 1.94. The molecule has 6 heteroatoms. The van der Waals surface area contributed by atoms with E-state index in [0.717, 1.165) is 11.6 Å². The Kier molecular flexibility index (Phi) is 4.75. The van der Waals surface area contributed by atoms with Crippen molar-refractivity contribution in [1.29, 1.82) is 0 Å². The fourth-order valence-electron chi connectivity index (χ4n) is 1.67. The second kappa shape index (κ2) is 6.54. The molecule has 0 saturated carbocycles. The number of amides is 1. The van der Waals surface area contributed by atoms with E-state index in [9.17, 15) is 13.6 Å². The zero-order chi connectivity index (χ0) is 15.4. The highest BCUT2D eigenvalue weighted by molar-refractivity contribution is 6.31. The molecule has 0 aliphatic carbocycles. The number of anilines is 2.